The molecule has 14 heavy (non-hydrogen) atoms. The van der Waals surface area contributed by atoms with Gasteiger partial charge in [-0.05, 0) is 6.92 Å². The molecule has 0 radical (unpaired) electrons. The van der Waals surface area contributed by atoms with Crippen LogP contribution in [0, 0.1) is 6.92 Å². The highest BCUT2D eigenvalue weighted by Gasteiger charge is 2.15. The molecule has 0 N–H and O–H groups in total. The molecular formula is C9H13NO3S. The van der Waals surface area contributed by atoms with Crippen molar-refractivity contribution in [2.75, 3.05) is 20.8 Å². The van der Waals surface area contributed by atoms with E-state index in [4.69, 9.17) is 4.74 Å². The summed E-state index contributed by atoms with van der Waals surface area (Å²) < 4.78 is 9.54. The van der Waals surface area contributed by atoms with E-state index in [1.54, 1.807) is 7.11 Å². The lowest BCUT2D eigenvalue weighted by atomic mass is 10.4. The molecule has 0 saturated carbocycles. The third kappa shape index (κ3) is 2.52. The Balaban J connectivity index is 2.77. The lowest BCUT2D eigenvalue weighted by Gasteiger charge is -1.94. The van der Waals surface area contributed by atoms with E-state index in [1.165, 1.54) is 18.4 Å². The van der Waals surface area contributed by atoms with E-state index < -0.39 is 0 Å². The Bertz CT molecular complexity index is 322. The first kappa shape index (κ1) is 11.1. The zero-order valence-electron chi connectivity index (χ0n) is 8.49. The molecule has 0 atom stereocenters. The number of nitrogens with zero attached hydrogens (tertiary/aromatic N) is 1. The second-order valence-electron chi connectivity index (χ2n) is 2.75. The van der Waals surface area contributed by atoms with Crippen LogP contribution < -0.4 is 0 Å². The highest BCUT2D eigenvalue weighted by molar-refractivity contribution is 7.11. The molecule has 4 nitrogen and oxygen atoms in total. The first-order valence-electron chi connectivity index (χ1n) is 4.22. The van der Waals surface area contributed by atoms with Crippen molar-refractivity contribution in [1.29, 1.82) is 0 Å². The number of carbonyl (C=O) groups is 1. The molecule has 5 heteroatoms. The summed E-state index contributed by atoms with van der Waals surface area (Å²) in [7, 11) is 3.00. The Kier molecular flexibility index (Phi) is 4.03. The molecule has 0 aliphatic heterocycles. The first-order valence-corrected chi connectivity index (χ1v) is 5.04. The normalized spacial score (nSPS) is 10.2. The molecule has 0 aliphatic rings. The number of methoxy groups -OCH3 is 2. The average Bonchev–Trinajstić information content (AvgIpc) is 2.55. The van der Waals surface area contributed by atoms with Gasteiger partial charge in [0.05, 0.1) is 18.7 Å². The van der Waals surface area contributed by atoms with Crippen LogP contribution in [-0.4, -0.2) is 31.8 Å². The summed E-state index contributed by atoms with van der Waals surface area (Å²) in [6.07, 6.45) is 0.735. The van der Waals surface area contributed by atoms with E-state index in [9.17, 15) is 4.79 Å². The van der Waals surface area contributed by atoms with Crippen molar-refractivity contribution in [3.05, 3.63) is 15.6 Å². The third-order valence-electron chi connectivity index (χ3n) is 1.74. The second-order valence-corrected chi connectivity index (χ2v) is 4.03. The molecule has 0 unspecified atom stereocenters. The summed E-state index contributed by atoms with van der Waals surface area (Å²) in [5, 5.41) is 0.907. The van der Waals surface area contributed by atoms with Gasteiger partial charge in [0.2, 0.25) is 0 Å². The molecule has 0 fully saturated rings. The SMILES string of the molecule is COCCc1nc(C(=O)OC)c(C)s1. The monoisotopic (exact) mass is 215 g/mol. The molecule has 1 aromatic rings. The van der Waals surface area contributed by atoms with E-state index in [-0.39, 0.29) is 5.97 Å². The predicted molar refractivity (Wildman–Crippen MR) is 53.8 cm³/mol. The number of hydrogen-bond acceptors (Lipinski definition) is 5. The topological polar surface area (TPSA) is 48.4 Å². The maximum Gasteiger partial charge on any atom is 0.357 e. The Hall–Kier alpha value is -0.940. The largest absolute Gasteiger partial charge is 0.464 e. The molecule has 0 bridgehead atoms. The quantitative estimate of drug-likeness (QED) is 0.713. The van der Waals surface area contributed by atoms with Gasteiger partial charge in [0, 0.05) is 18.4 Å². The van der Waals surface area contributed by atoms with Crippen molar-refractivity contribution < 1.29 is 14.3 Å². The van der Waals surface area contributed by atoms with E-state index in [0.717, 1.165) is 16.3 Å². The van der Waals surface area contributed by atoms with E-state index >= 15 is 0 Å². The van der Waals surface area contributed by atoms with Gasteiger partial charge in [0.15, 0.2) is 5.69 Å². The Labute approximate surface area is 86.9 Å². The zero-order chi connectivity index (χ0) is 10.6. The smallest absolute Gasteiger partial charge is 0.357 e. The molecule has 78 valence electrons. The van der Waals surface area contributed by atoms with Crippen LogP contribution in [-0.2, 0) is 15.9 Å². The van der Waals surface area contributed by atoms with Gasteiger partial charge in [-0.2, -0.15) is 0 Å². The lowest BCUT2D eigenvalue weighted by Crippen LogP contribution is -2.04. The summed E-state index contributed by atoms with van der Waals surface area (Å²) in [6, 6.07) is 0. The van der Waals surface area contributed by atoms with E-state index in [1.807, 2.05) is 6.92 Å². The molecule has 0 amide bonds. The van der Waals surface area contributed by atoms with Crippen molar-refractivity contribution in [2.45, 2.75) is 13.3 Å². The Morgan fingerprint density at radius 3 is 2.79 bits per heavy atom. The van der Waals surface area contributed by atoms with Crippen LogP contribution in [0.15, 0.2) is 0 Å². The highest BCUT2D eigenvalue weighted by atomic mass is 32.1. The number of esters is 1. The van der Waals surface area contributed by atoms with Crippen molar-refractivity contribution in [3.63, 3.8) is 0 Å². The molecule has 1 heterocycles. The first-order chi connectivity index (χ1) is 6.69. The van der Waals surface area contributed by atoms with Crippen molar-refractivity contribution in [2.24, 2.45) is 0 Å². The fourth-order valence-electron chi connectivity index (χ4n) is 1.03. The minimum absolute atomic E-state index is 0.373. The van der Waals surface area contributed by atoms with Crippen LogP contribution in [0.4, 0.5) is 0 Å². The van der Waals surface area contributed by atoms with Crippen molar-refractivity contribution >= 4 is 17.3 Å². The number of ether oxygens (including phenoxy) is 2. The lowest BCUT2D eigenvalue weighted by molar-refractivity contribution is 0.0594. The molecule has 0 saturated heterocycles. The molecule has 1 aromatic heterocycles. The van der Waals surface area contributed by atoms with Gasteiger partial charge in [-0.25, -0.2) is 9.78 Å². The van der Waals surface area contributed by atoms with E-state index in [0.29, 0.717) is 12.3 Å². The van der Waals surface area contributed by atoms with Gasteiger partial charge in [0.25, 0.3) is 0 Å². The molecule has 0 aromatic carbocycles. The number of rotatable bonds is 4. The van der Waals surface area contributed by atoms with Gasteiger partial charge in [-0.15, -0.1) is 11.3 Å². The Morgan fingerprint density at radius 2 is 2.21 bits per heavy atom. The summed E-state index contributed by atoms with van der Waals surface area (Å²) in [5.41, 5.74) is 0.420. The summed E-state index contributed by atoms with van der Waals surface area (Å²) in [5.74, 6) is -0.373. The van der Waals surface area contributed by atoms with E-state index in [2.05, 4.69) is 9.72 Å². The van der Waals surface area contributed by atoms with Crippen LogP contribution in [0.25, 0.3) is 0 Å². The third-order valence-corrected chi connectivity index (χ3v) is 2.77. The molecule has 1 rings (SSSR count). The summed E-state index contributed by atoms with van der Waals surface area (Å²) in [4.78, 5) is 16.3. The second kappa shape index (κ2) is 5.07. The number of hydrogen-bond donors (Lipinski definition) is 0. The zero-order valence-corrected chi connectivity index (χ0v) is 9.31. The van der Waals surface area contributed by atoms with Crippen LogP contribution in [0.5, 0.6) is 0 Å². The maximum absolute atomic E-state index is 11.2. The van der Waals surface area contributed by atoms with Crippen LogP contribution in [0.1, 0.15) is 20.4 Å². The fourth-order valence-corrected chi connectivity index (χ4v) is 1.94. The van der Waals surface area contributed by atoms with Crippen LogP contribution in [0.3, 0.4) is 0 Å². The standard InChI is InChI=1S/C9H13NO3S/c1-6-8(9(11)13-3)10-7(14-6)4-5-12-2/h4-5H2,1-3H3. The Morgan fingerprint density at radius 1 is 1.50 bits per heavy atom. The summed E-state index contributed by atoms with van der Waals surface area (Å²) in [6.45, 7) is 2.48. The predicted octanol–water partition coefficient (Wildman–Crippen LogP) is 1.43. The number of carbonyl (C=O) groups excluding carboxylic acids is 1. The minimum atomic E-state index is -0.373. The van der Waals surface area contributed by atoms with Crippen molar-refractivity contribution in [3.8, 4) is 0 Å². The molecule has 0 aliphatic carbocycles. The highest BCUT2D eigenvalue weighted by Crippen LogP contribution is 2.18. The van der Waals surface area contributed by atoms with Gasteiger partial charge in [-0.1, -0.05) is 0 Å². The fraction of sp³-hybridized carbons (Fsp3) is 0.556. The average molecular weight is 215 g/mol. The van der Waals surface area contributed by atoms with Crippen molar-refractivity contribution in [1.82, 2.24) is 4.98 Å². The number of aromatic nitrogens is 1. The maximum atomic E-state index is 11.2. The van der Waals surface area contributed by atoms with Gasteiger partial charge in [0.1, 0.15) is 0 Å². The van der Waals surface area contributed by atoms with Gasteiger partial charge < -0.3 is 9.47 Å². The van der Waals surface area contributed by atoms with Crippen LogP contribution >= 0.6 is 11.3 Å². The van der Waals surface area contributed by atoms with Gasteiger partial charge in [-0.3, -0.25) is 0 Å². The molecular weight excluding hydrogens is 202 g/mol. The number of aryl methyl sites for hydroxylation is 1. The summed E-state index contributed by atoms with van der Waals surface area (Å²) >= 11 is 1.51. The van der Waals surface area contributed by atoms with Gasteiger partial charge >= 0.3 is 5.97 Å². The van der Waals surface area contributed by atoms with Crippen LogP contribution in [0.2, 0.25) is 0 Å². The molecule has 0 spiro atoms. The minimum Gasteiger partial charge on any atom is -0.464 e. The number of thiazole rings is 1.